The van der Waals surface area contributed by atoms with E-state index in [1.54, 1.807) is 6.20 Å². The topological polar surface area (TPSA) is 12.9 Å². The van der Waals surface area contributed by atoms with Gasteiger partial charge in [-0.1, -0.05) is 42.5 Å². The second-order valence-electron chi connectivity index (χ2n) is 5.62. The van der Waals surface area contributed by atoms with Crippen molar-refractivity contribution in [1.82, 2.24) is 4.98 Å². The van der Waals surface area contributed by atoms with Gasteiger partial charge < -0.3 is 0 Å². The van der Waals surface area contributed by atoms with Crippen LogP contribution in [0.1, 0.15) is 5.56 Å². The van der Waals surface area contributed by atoms with Crippen molar-refractivity contribution >= 4 is 21.7 Å². The monoisotopic (exact) mass is 323 g/mol. The van der Waals surface area contributed by atoms with Crippen LogP contribution in [0.3, 0.4) is 0 Å². The SMILES string of the molecule is FC(F)(F)c1ccc(-c2cc3cccnc3c3ccccc23)cc1. The van der Waals surface area contributed by atoms with Gasteiger partial charge in [0, 0.05) is 17.0 Å². The standard InChI is InChI=1S/C20H12F3N/c21-20(22,23)15-9-7-13(8-10-15)18-12-14-4-3-11-24-19(14)17-6-2-1-5-16(17)18/h1-12H. The van der Waals surface area contributed by atoms with Gasteiger partial charge in [-0.15, -0.1) is 0 Å². The molecule has 0 N–H and O–H groups in total. The zero-order valence-corrected chi connectivity index (χ0v) is 12.5. The van der Waals surface area contributed by atoms with Crippen LogP contribution in [0.15, 0.2) is 72.9 Å². The zero-order chi connectivity index (χ0) is 16.7. The minimum atomic E-state index is -4.33. The van der Waals surface area contributed by atoms with E-state index in [4.69, 9.17) is 0 Å². The van der Waals surface area contributed by atoms with Crippen LogP contribution in [0, 0.1) is 0 Å². The molecule has 3 aromatic carbocycles. The summed E-state index contributed by atoms with van der Waals surface area (Å²) in [7, 11) is 0. The van der Waals surface area contributed by atoms with Crippen molar-refractivity contribution < 1.29 is 13.2 Å². The number of hydrogen-bond donors (Lipinski definition) is 0. The predicted molar refractivity (Wildman–Crippen MR) is 89.7 cm³/mol. The Balaban J connectivity index is 1.98. The Bertz CT molecular complexity index is 1030. The van der Waals surface area contributed by atoms with E-state index in [-0.39, 0.29) is 0 Å². The molecule has 0 saturated heterocycles. The maximum atomic E-state index is 12.8. The number of rotatable bonds is 1. The van der Waals surface area contributed by atoms with Gasteiger partial charge in [-0.2, -0.15) is 13.2 Å². The van der Waals surface area contributed by atoms with Gasteiger partial charge in [0.05, 0.1) is 11.1 Å². The average Bonchev–Trinajstić information content (AvgIpc) is 2.60. The highest BCUT2D eigenvalue weighted by atomic mass is 19.4. The van der Waals surface area contributed by atoms with Crippen molar-refractivity contribution in [3.8, 4) is 11.1 Å². The van der Waals surface area contributed by atoms with Gasteiger partial charge in [-0.25, -0.2) is 0 Å². The van der Waals surface area contributed by atoms with Crippen molar-refractivity contribution in [3.63, 3.8) is 0 Å². The van der Waals surface area contributed by atoms with Gasteiger partial charge in [-0.05, 0) is 40.8 Å². The Kier molecular flexibility index (Phi) is 3.27. The van der Waals surface area contributed by atoms with Gasteiger partial charge in [0.15, 0.2) is 0 Å². The quantitative estimate of drug-likeness (QED) is 0.387. The fourth-order valence-electron chi connectivity index (χ4n) is 2.99. The van der Waals surface area contributed by atoms with Crippen LogP contribution in [0.4, 0.5) is 13.2 Å². The Morgan fingerprint density at radius 1 is 0.750 bits per heavy atom. The van der Waals surface area contributed by atoms with E-state index in [2.05, 4.69) is 4.98 Å². The lowest BCUT2D eigenvalue weighted by atomic mass is 9.95. The number of pyridine rings is 1. The Morgan fingerprint density at radius 2 is 1.46 bits per heavy atom. The van der Waals surface area contributed by atoms with Crippen LogP contribution < -0.4 is 0 Å². The van der Waals surface area contributed by atoms with Gasteiger partial charge in [0.25, 0.3) is 0 Å². The molecule has 4 heteroatoms. The number of aromatic nitrogens is 1. The van der Waals surface area contributed by atoms with Crippen LogP contribution in [-0.4, -0.2) is 4.98 Å². The Hall–Kier alpha value is -2.88. The lowest BCUT2D eigenvalue weighted by molar-refractivity contribution is -0.137. The van der Waals surface area contributed by atoms with Gasteiger partial charge in [0.2, 0.25) is 0 Å². The van der Waals surface area contributed by atoms with Crippen molar-refractivity contribution in [3.05, 3.63) is 78.5 Å². The van der Waals surface area contributed by atoms with E-state index in [1.807, 2.05) is 42.5 Å². The largest absolute Gasteiger partial charge is 0.416 e. The van der Waals surface area contributed by atoms with E-state index in [9.17, 15) is 13.2 Å². The second-order valence-corrected chi connectivity index (χ2v) is 5.62. The van der Waals surface area contributed by atoms with Crippen molar-refractivity contribution in [2.75, 3.05) is 0 Å². The normalized spacial score (nSPS) is 12.0. The maximum Gasteiger partial charge on any atom is 0.416 e. The molecular formula is C20H12F3N. The molecule has 24 heavy (non-hydrogen) atoms. The van der Waals surface area contributed by atoms with Gasteiger partial charge in [-0.3, -0.25) is 4.98 Å². The third-order valence-electron chi connectivity index (χ3n) is 4.13. The fraction of sp³-hybridized carbons (Fsp3) is 0.0500. The molecule has 1 nitrogen and oxygen atoms in total. The molecule has 0 amide bonds. The first-order valence-corrected chi connectivity index (χ1v) is 7.48. The number of fused-ring (bicyclic) bond motifs is 3. The molecule has 0 aliphatic rings. The van der Waals surface area contributed by atoms with Gasteiger partial charge in [0.1, 0.15) is 0 Å². The third-order valence-corrected chi connectivity index (χ3v) is 4.13. The lowest BCUT2D eigenvalue weighted by Crippen LogP contribution is -2.04. The molecule has 0 aliphatic heterocycles. The molecule has 118 valence electrons. The second kappa shape index (κ2) is 5.34. The first kappa shape index (κ1) is 14.7. The molecular weight excluding hydrogens is 311 g/mol. The molecule has 1 aromatic heterocycles. The summed E-state index contributed by atoms with van der Waals surface area (Å²) >= 11 is 0. The Morgan fingerprint density at radius 3 is 2.17 bits per heavy atom. The molecule has 0 atom stereocenters. The summed E-state index contributed by atoms with van der Waals surface area (Å²) in [5, 5.41) is 2.93. The summed E-state index contributed by atoms with van der Waals surface area (Å²) in [5.74, 6) is 0. The van der Waals surface area contributed by atoms with Crippen molar-refractivity contribution in [1.29, 1.82) is 0 Å². The number of nitrogens with zero attached hydrogens (tertiary/aromatic N) is 1. The average molecular weight is 323 g/mol. The maximum absolute atomic E-state index is 12.8. The minimum Gasteiger partial charge on any atom is -0.256 e. The Labute approximate surface area is 136 Å². The van der Waals surface area contributed by atoms with Crippen LogP contribution in [0.2, 0.25) is 0 Å². The molecule has 0 spiro atoms. The summed E-state index contributed by atoms with van der Waals surface area (Å²) in [5.41, 5.74) is 1.91. The van der Waals surface area contributed by atoms with Crippen LogP contribution in [0.5, 0.6) is 0 Å². The van der Waals surface area contributed by atoms with E-state index in [0.717, 1.165) is 44.9 Å². The molecule has 4 rings (SSSR count). The first-order valence-electron chi connectivity index (χ1n) is 7.48. The fourth-order valence-corrected chi connectivity index (χ4v) is 2.99. The molecule has 4 aromatic rings. The number of benzene rings is 3. The number of hydrogen-bond acceptors (Lipinski definition) is 1. The summed E-state index contributed by atoms with van der Waals surface area (Å²) < 4.78 is 38.3. The van der Waals surface area contributed by atoms with E-state index < -0.39 is 11.7 Å². The summed E-state index contributed by atoms with van der Waals surface area (Å²) in [6.07, 6.45) is -2.58. The molecule has 0 saturated carbocycles. The van der Waals surface area contributed by atoms with Crippen molar-refractivity contribution in [2.24, 2.45) is 0 Å². The smallest absolute Gasteiger partial charge is 0.256 e. The summed E-state index contributed by atoms with van der Waals surface area (Å²) in [4.78, 5) is 4.44. The molecule has 0 unspecified atom stereocenters. The lowest BCUT2D eigenvalue weighted by Gasteiger charge is -2.12. The molecule has 0 radical (unpaired) electrons. The highest BCUT2D eigenvalue weighted by Gasteiger charge is 2.30. The third kappa shape index (κ3) is 2.40. The zero-order valence-electron chi connectivity index (χ0n) is 12.5. The minimum absolute atomic E-state index is 0.641. The molecule has 0 fully saturated rings. The van der Waals surface area contributed by atoms with Crippen LogP contribution >= 0.6 is 0 Å². The highest BCUT2D eigenvalue weighted by Crippen LogP contribution is 2.36. The number of alkyl halides is 3. The number of halogens is 3. The predicted octanol–water partition coefficient (Wildman–Crippen LogP) is 6.07. The van der Waals surface area contributed by atoms with E-state index in [1.165, 1.54) is 12.1 Å². The van der Waals surface area contributed by atoms with Crippen LogP contribution in [-0.2, 0) is 6.18 Å². The summed E-state index contributed by atoms with van der Waals surface area (Å²) in [6, 6.07) is 18.9. The van der Waals surface area contributed by atoms with E-state index >= 15 is 0 Å². The molecule has 1 heterocycles. The summed E-state index contributed by atoms with van der Waals surface area (Å²) in [6.45, 7) is 0. The van der Waals surface area contributed by atoms with Crippen molar-refractivity contribution in [2.45, 2.75) is 6.18 Å². The van der Waals surface area contributed by atoms with Gasteiger partial charge >= 0.3 is 6.18 Å². The van der Waals surface area contributed by atoms with Crippen LogP contribution in [0.25, 0.3) is 32.8 Å². The first-order chi connectivity index (χ1) is 11.5. The highest BCUT2D eigenvalue weighted by molar-refractivity contribution is 6.12. The van der Waals surface area contributed by atoms with E-state index in [0.29, 0.717) is 0 Å². The molecule has 0 bridgehead atoms. The molecule has 0 aliphatic carbocycles.